The molecule has 2 rings (SSSR count). The standard InChI is InChI=1S/C12H11NO2/c14-11-6-12(8-13-7-11)15-9-10-4-2-1-3-5-10/h1-5,7-8H,6,9H2. The Hall–Kier alpha value is -1.90. The van der Waals surface area contributed by atoms with Crippen molar-refractivity contribution in [2.45, 2.75) is 13.0 Å². The highest BCUT2D eigenvalue weighted by Crippen LogP contribution is 2.11. The Morgan fingerprint density at radius 3 is 2.80 bits per heavy atom. The first kappa shape index (κ1) is 9.65. The number of allylic oxidation sites excluding steroid dienone is 1. The molecule has 0 unspecified atom stereocenters. The molecular weight excluding hydrogens is 190 g/mol. The maximum atomic E-state index is 11.0. The zero-order valence-corrected chi connectivity index (χ0v) is 8.22. The molecule has 1 aliphatic rings. The molecule has 0 saturated carbocycles. The van der Waals surface area contributed by atoms with E-state index in [0.29, 0.717) is 18.8 Å². The number of benzene rings is 1. The number of carbonyl (C=O) groups excluding carboxylic acids is 1. The van der Waals surface area contributed by atoms with Crippen molar-refractivity contribution in [2.75, 3.05) is 0 Å². The van der Waals surface area contributed by atoms with Crippen molar-refractivity contribution in [2.24, 2.45) is 4.99 Å². The van der Waals surface area contributed by atoms with Crippen LogP contribution in [0.5, 0.6) is 0 Å². The predicted molar refractivity (Wildman–Crippen MR) is 57.4 cm³/mol. The first-order valence-corrected chi connectivity index (χ1v) is 4.76. The van der Waals surface area contributed by atoms with Crippen molar-refractivity contribution >= 4 is 12.0 Å². The Kier molecular flexibility index (Phi) is 2.93. The molecule has 0 aliphatic carbocycles. The molecule has 0 atom stereocenters. The van der Waals surface area contributed by atoms with Gasteiger partial charge in [0.05, 0.1) is 18.8 Å². The molecule has 0 bridgehead atoms. The zero-order chi connectivity index (χ0) is 10.5. The molecule has 0 saturated heterocycles. The lowest BCUT2D eigenvalue weighted by Gasteiger charge is -2.10. The highest BCUT2D eigenvalue weighted by atomic mass is 16.5. The predicted octanol–water partition coefficient (Wildman–Crippen LogP) is 2.09. The molecule has 0 N–H and O–H groups in total. The maximum Gasteiger partial charge on any atom is 0.181 e. The average Bonchev–Trinajstić information content (AvgIpc) is 2.28. The molecule has 3 nitrogen and oxygen atoms in total. The lowest BCUT2D eigenvalue weighted by Crippen LogP contribution is -2.07. The maximum absolute atomic E-state index is 11.0. The van der Waals surface area contributed by atoms with Crippen LogP contribution in [-0.2, 0) is 16.1 Å². The van der Waals surface area contributed by atoms with Crippen molar-refractivity contribution in [3.63, 3.8) is 0 Å². The van der Waals surface area contributed by atoms with Gasteiger partial charge in [-0.15, -0.1) is 0 Å². The third kappa shape index (κ3) is 2.77. The molecule has 0 radical (unpaired) electrons. The van der Waals surface area contributed by atoms with Crippen molar-refractivity contribution in [3.05, 3.63) is 47.9 Å². The van der Waals surface area contributed by atoms with E-state index in [9.17, 15) is 4.79 Å². The van der Waals surface area contributed by atoms with Crippen LogP contribution in [0, 0.1) is 0 Å². The van der Waals surface area contributed by atoms with Gasteiger partial charge in [-0.25, -0.2) is 0 Å². The smallest absolute Gasteiger partial charge is 0.181 e. The van der Waals surface area contributed by atoms with Crippen LogP contribution in [-0.4, -0.2) is 12.0 Å². The van der Waals surface area contributed by atoms with Gasteiger partial charge in [0.1, 0.15) is 12.4 Å². The van der Waals surface area contributed by atoms with Gasteiger partial charge in [-0.2, -0.15) is 0 Å². The number of hydrogen-bond donors (Lipinski definition) is 0. The van der Waals surface area contributed by atoms with Gasteiger partial charge in [-0.1, -0.05) is 30.3 Å². The van der Waals surface area contributed by atoms with Crippen molar-refractivity contribution in [1.29, 1.82) is 0 Å². The first-order valence-electron chi connectivity index (χ1n) is 4.76. The summed E-state index contributed by atoms with van der Waals surface area (Å²) < 4.78 is 5.47. The summed E-state index contributed by atoms with van der Waals surface area (Å²) in [6.45, 7) is 0.482. The van der Waals surface area contributed by atoms with Gasteiger partial charge >= 0.3 is 0 Å². The summed E-state index contributed by atoms with van der Waals surface area (Å²) >= 11 is 0. The van der Waals surface area contributed by atoms with Crippen LogP contribution in [0.4, 0.5) is 0 Å². The number of ketones is 1. The Balaban J connectivity index is 1.92. The van der Waals surface area contributed by atoms with Gasteiger partial charge in [-0.05, 0) is 5.56 Å². The van der Waals surface area contributed by atoms with Crippen LogP contribution in [0.3, 0.4) is 0 Å². The van der Waals surface area contributed by atoms with E-state index in [4.69, 9.17) is 4.74 Å². The average molecular weight is 201 g/mol. The normalized spacial score (nSPS) is 14.9. The largest absolute Gasteiger partial charge is 0.491 e. The number of Topliss-reactive ketones (excluding diaryl/α,β-unsaturated/α-hetero) is 1. The van der Waals surface area contributed by atoms with Crippen LogP contribution in [0.25, 0.3) is 0 Å². The van der Waals surface area contributed by atoms with Gasteiger partial charge in [0.15, 0.2) is 5.78 Å². The van der Waals surface area contributed by atoms with Crippen LogP contribution in [0.15, 0.2) is 47.3 Å². The second kappa shape index (κ2) is 4.55. The van der Waals surface area contributed by atoms with Gasteiger partial charge in [0.25, 0.3) is 0 Å². The van der Waals surface area contributed by atoms with Crippen molar-refractivity contribution < 1.29 is 9.53 Å². The summed E-state index contributed by atoms with van der Waals surface area (Å²) in [5.74, 6) is 0.618. The monoisotopic (exact) mass is 201 g/mol. The molecule has 1 aliphatic heterocycles. The summed E-state index contributed by atoms with van der Waals surface area (Å²) in [4.78, 5) is 14.8. The van der Waals surface area contributed by atoms with Crippen LogP contribution < -0.4 is 0 Å². The van der Waals surface area contributed by atoms with Crippen molar-refractivity contribution in [3.8, 4) is 0 Å². The van der Waals surface area contributed by atoms with E-state index in [0.717, 1.165) is 5.56 Å². The van der Waals surface area contributed by atoms with Gasteiger partial charge < -0.3 is 4.74 Å². The van der Waals surface area contributed by atoms with E-state index in [2.05, 4.69) is 4.99 Å². The third-order valence-electron chi connectivity index (χ3n) is 2.05. The topological polar surface area (TPSA) is 38.7 Å². The fourth-order valence-electron chi connectivity index (χ4n) is 1.31. The second-order valence-electron chi connectivity index (χ2n) is 3.29. The van der Waals surface area contributed by atoms with Gasteiger partial charge in [0, 0.05) is 0 Å². The van der Waals surface area contributed by atoms with Crippen LogP contribution in [0.1, 0.15) is 12.0 Å². The Bertz CT molecular complexity index is 407. The summed E-state index contributed by atoms with van der Waals surface area (Å²) in [5.41, 5.74) is 1.08. The first-order chi connectivity index (χ1) is 7.34. The van der Waals surface area contributed by atoms with E-state index >= 15 is 0 Å². The summed E-state index contributed by atoms with van der Waals surface area (Å²) in [6, 6.07) is 9.83. The molecule has 1 heterocycles. The molecule has 1 aromatic rings. The number of hydrogen-bond acceptors (Lipinski definition) is 3. The van der Waals surface area contributed by atoms with Crippen LogP contribution >= 0.6 is 0 Å². The van der Waals surface area contributed by atoms with Gasteiger partial charge in [-0.3, -0.25) is 9.79 Å². The van der Waals surface area contributed by atoms with E-state index in [-0.39, 0.29) is 5.78 Å². The Morgan fingerprint density at radius 1 is 1.27 bits per heavy atom. The number of nitrogens with zero attached hydrogens (tertiary/aromatic N) is 1. The number of carbonyl (C=O) groups is 1. The molecule has 15 heavy (non-hydrogen) atoms. The molecule has 76 valence electrons. The third-order valence-corrected chi connectivity index (χ3v) is 2.05. The summed E-state index contributed by atoms with van der Waals surface area (Å²) in [7, 11) is 0. The quantitative estimate of drug-likeness (QED) is 0.751. The molecule has 0 spiro atoms. The van der Waals surface area contributed by atoms with Gasteiger partial charge in [0.2, 0.25) is 0 Å². The SMILES string of the molecule is O=C1C=NC=C(OCc2ccccc2)C1. The van der Waals surface area contributed by atoms with E-state index in [1.807, 2.05) is 30.3 Å². The van der Waals surface area contributed by atoms with E-state index in [1.54, 1.807) is 6.20 Å². The molecule has 1 aromatic carbocycles. The molecule has 3 heteroatoms. The zero-order valence-electron chi connectivity index (χ0n) is 8.22. The molecule has 0 amide bonds. The fourth-order valence-corrected chi connectivity index (χ4v) is 1.31. The second-order valence-corrected chi connectivity index (χ2v) is 3.29. The molecule has 0 fully saturated rings. The Morgan fingerprint density at radius 2 is 2.07 bits per heavy atom. The molecule has 0 aromatic heterocycles. The van der Waals surface area contributed by atoms with Crippen molar-refractivity contribution in [1.82, 2.24) is 0 Å². The number of rotatable bonds is 3. The lowest BCUT2D eigenvalue weighted by atomic mass is 10.2. The minimum Gasteiger partial charge on any atom is -0.491 e. The van der Waals surface area contributed by atoms with E-state index < -0.39 is 0 Å². The lowest BCUT2D eigenvalue weighted by molar-refractivity contribution is -0.112. The number of ether oxygens (including phenoxy) is 1. The van der Waals surface area contributed by atoms with Crippen LogP contribution in [0.2, 0.25) is 0 Å². The highest BCUT2D eigenvalue weighted by Gasteiger charge is 2.08. The summed E-state index contributed by atoms with van der Waals surface area (Å²) in [6.07, 6.45) is 3.22. The minimum absolute atomic E-state index is 0.0134. The highest BCUT2D eigenvalue weighted by molar-refractivity contribution is 6.28. The van der Waals surface area contributed by atoms with E-state index in [1.165, 1.54) is 6.21 Å². The fraction of sp³-hybridized carbons (Fsp3) is 0.167. The minimum atomic E-state index is -0.0134. The Labute approximate surface area is 88.1 Å². The molecular formula is C12H11NO2. The number of aliphatic imine (C=N–C) groups is 1. The summed E-state index contributed by atoms with van der Waals surface area (Å²) in [5, 5.41) is 0.